The van der Waals surface area contributed by atoms with E-state index in [4.69, 9.17) is 19.9 Å². The van der Waals surface area contributed by atoms with Gasteiger partial charge in [0.15, 0.2) is 17.0 Å². The average molecular weight is 445 g/mol. The second-order valence-corrected chi connectivity index (χ2v) is 9.82. The lowest BCUT2D eigenvalue weighted by Gasteiger charge is -2.26. The summed E-state index contributed by atoms with van der Waals surface area (Å²) >= 11 is 0. The van der Waals surface area contributed by atoms with Crippen LogP contribution in [-0.2, 0) is 25.3 Å². The van der Waals surface area contributed by atoms with E-state index < -0.39 is 37.4 Å². The zero-order chi connectivity index (χ0) is 22.3. The Balaban J connectivity index is 1.72. The molecule has 0 aromatic carbocycles. The molecule has 14 heteroatoms. The quantitative estimate of drug-likeness (QED) is 0.351. The number of ether oxygens (including phenoxy) is 3. The monoisotopic (exact) mass is 445 g/mol. The van der Waals surface area contributed by atoms with Crippen molar-refractivity contribution in [3.05, 3.63) is 6.33 Å². The van der Waals surface area contributed by atoms with Crippen molar-refractivity contribution in [2.24, 2.45) is 0 Å². The number of rotatable bonds is 7. The molecule has 1 aliphatic carbocycles. The predicted octanol–water partition coefficient (Wildman–Crippen LogP) is 1.12. The van der Waals surface area contributed by atoms with Crippen LogP contribution in [0.5, 0.6) is 5.88 Å². The lowest BCUT2D eigenvalue weighted by Crippen LogP contribution is -2.33. The number of nitrogen functional groups attached to an aromatic ring is 1. The minimum Gasteiger partial charge on any atom is -0.492 e. The molecule has 1 unspecified atom stereocenters. The molecule has 1 saturated carbocycles. The van der Waals surface area contributed by atoms with Crippen LogP contribution in [0.1, 0.15) is 33.6 Å². The summed E-state index contributed by atoms with van der Waals surface area (Å²) in [7, 11) is -4.76. The minimum absolute atomic E-state index is 0.139. The molecule has 0 spiro atoms. The first-order valence-electron chi connectivity index (χ1n) is 9.04. The minimum atomic E-state index is -4.76. The third-order valence-electron chi connectivity index (χ3n) is 4.22. The Morgan fingerprint density at radius 1 is 1.37 bits per heavy atom. The third-order valence-corrected chi connectivity index (χ3v) is 5.23. The topological polar surface area (TPSA) is 192 Å². The number of anilines is 1. The molecule has 1 aliphatic rings. The number of fused-ring (bicyclic) bond motifs is 1. The number of nitrogens with two attached hydrogens (primary N) is 1. The molecule has 0 radical (unpaired) electrons. The summed E-state index contributed by atoms with van der Waals surface area (Å²) in [5, 5.41) is 9.83. The van der Waals surface area contributed by atoms with Crippen LogP contribution in [0.15, 0.2) is 6.33 Å². The molecule has 0 aliphatic heterocycles. The number of imidazole rings is 1. The fraction of sp³-hybridized carbons (Fsp3) is 0.625. The van der Waals surface area contributed by atoms with Gasteiger partial charge in [0.25, 0.3) is 0 Å². The summed E-state index contributed by atoms with van der Waals surface area (Å²) < 4.78 is 28.9. The largest absolute Gasteiger partial charge is 0.508 e. The van der Waals surface area contributed by atoms with Gasteiger partial charge in [-0.15, -0.1) is 0 Å². The van der Waals surface area contributed by atoms with Gasteiger partial charge in [-0.25, -0.2) is 9.78 Å². The molecule has 13 nitrogen and oxygen atoms in total. The maximum atomic E-state index is 11.9. The zero-order valence-corrected chi connectivity index (χ0v) is 17.6. The summed E-state index contributed by atoms with van der Waals surface area (Å²) in [4.78, 5) is 42.7. The highest BCUT2D eigenvalue weighted by Gasteiger charge is 2.50. The Bertz CT molecular complexity index is 993. The molecule has 2 aromatic rings. The molecule has 0 saturated heterocycles. The first kappa shape index (κ1) is 22.2. The standard InChI is InChI=1S/C16H24N5O8P/c1-15(2,3)29-14(23)27-6-9(30(24,25)26)28-16(4-5-16)7-21-8-18-10-11(21)19-13(17)20-12(10)22/h8-9H,4-7H2,1-3H3,(H2,24,25,26)(H3,17,19,20,22). The maximum absolute atomic E-state index is 11.9. The molecule has 2 aromatic heterocycles. The van der Waals surface area contributed by atoms with E-state index in [1.807, 2.05) is 0 Å². The number of hydrogen-bond donors (Lipinski definition) is 4. The van der Waals surface area contributed by atoms with Crippen LogP contribution >= 0.6 is 7.60 Å². The van der Waals surface area contributed by atoms with Crippen molar-refractivity contribution in [1.82, 2.24) is 19.5 Å². The van der Waals surface area contributed by atoms with E-state index in [1.54, 1.807) is 25.3 Å². The van der Waals surface area contributed by atoms with Gasteiger partial charge in [0.2, 0.25) is 11.8 Å². The van der Waals surface area contributed by atoms with Gasteiger partial charge >= 0.3 is 13.8 Å². The second kappa shape index (κ2) is 7.65. The molecule has 1 atom stereocenters. The average Bonchev–Trinajstić information content (AvgIpc) is 3.21. The van der Waals surface area contributed by atoms with Crippen LogP contribution in [-0.4, -0.2) is 64.2 Å². The molecule has 1 fully saturated rings. The predicted molar refractivity (Wildman–Crippen MR) is 102 cm³/mol. The number of nitrogens with zero attached hydrogens (tertiary/aromatic N) is 4. The Hall–Kier alpha value is -2.47. The number of carbonyl (C=O) groups excluding carboxylic acids is 1. The van der Waals surface area contributed by atoms with Gasteiger partial charge in [0.1, 0.15) is 12.2 Å². The van der Waals surface area contributed by atoms with E-state index >= 15 is 0 Å². The van der Waals surface area contributed by atoms with Crippen molar-refractivity contribution in [3.8, 4) is 5.88 Å². The SMILES string of the molecule is CC(C)(C)OC(=O)OCC(OC1(Cn2cnc3c(O)nc(N)nc32)CC1)P(=O)(O)O. The molecule has 5 N–H and O–H groups in total. The summed E-state index contributed by atoms with van der Waals surface area (Å²) in [5.74, 6) is -2.19. The Labute approximate surface area is 171 Å². The zero-order valence-electron chi connectivity index (χ0n) is 16.7. The normalized spacial score (nSPS) is 17.0. The lowest BCUT2D eigenvalue weighted by molar-refractivity contribution is -0.0577. The Morgan fingerprint density at radius 2 is 2.03 bits per heavy atom. The van der Waals surface area contributed by atoms with Crippen molar-refractivity contribution in [3.63, 3.8) is 0 Å². The van der Waals surface area contributed by atoms with E-state index in [0.717, 1.165) is 0 Å². The van der Waals surface area contributed by atoms with E-state index in [2.05, 4.69) is 15.0 Å². The van der Waals surface area contributed by atoms with E-state index in [0.29, 0.717) is 12.8 Å². The summed E-state index contributed by atoms with van der Waals surface area (Å²) in [6.45, 7) is 4.36. The smallest absolute Gasteiger partial charge is 0.492 e. The van der Waals surface area contributed by atoms with E-state index in [9.17, 15) is 24.3 Å². The molecule has 2 heterocycles. The number of aromatic nitrogens is 4. The highest BCUT2D eigenvalue weighted by atomic mass is 31.2. The number of carbonyl (C=O) groups is 1. The van der Waals surface area contributed by atoms with E-state index in [-0.39, 0.29) is 29.5 Å². The fourth-order valence-electron chi connectivity index (χ4n) is 2.73. The summed E-state index contributed by atoms with van der Waals surface area (Å²) in [6, 6.07) is 0. The highest BCUT2D eigenvalue weighted by molar-refractivity contribution is 7.52. The fourth-order valence-corrected chi connectivity index (χ4v) is 3.36. The van der Waals surface area contributed by atoms with Crippen LogP contribution in [0.2, 0.25) is 0 Å². The first-order chi connectivity index (χ1) is 13.8. The van der Waals surface area contributed by atoms with Crippen molar-refractivity contribution in [2.75, 3.05) is 12.3 Å². The molecular formula is C16H24N5O8P. The van der Waals surface area contributed by atoms with E-state index in [1.165, 1.54) is 6.33 Å². The highest BCUT2D eigenvalue weighted by Crippen LogP contribution is 2.50. The number of aromatic hydroxyl groups is 1. The Kier molecular flexibility index (Phi) is 5.67. The van der Waals surface area contributed by atoms with Crippen molar-refractivity contribution in [1.29, 1.82) is 0 Å². The first-order valence-corrected chi connectivity index (χ1v) is 10.7. The lowest BCUT2D eigenvalue weighted by atomic mass is 10.2. The van der Waals surface area contributed by atoms with Crippen LogP contribution in [0.4, 0.5) is 10.7 Å². The maximum Gasteiger partial charge on any atom is 0.508 e. The number of hydrogen-bond acceptors (Lipinski definition) is 10. The Morgan fingerprint density at radius 3 is 2.60 bits per heavy atom. The van der Waals surface area contributed by atoms with Crippen molar-refractivity contribution in [2.45, 2.75) is 57.2 Å². The molecule has 0 amide bonds. The van der Waals surface area contributed by atoms with Gasteiger partial charge in [-0.3, -0.25) is 4.57 Å². The van der Waals surface area contributed by atoms with Gasteiger partial charge in [-0.2, -0.15) is 9.97 Å². The van der Waals surface area contributed by atoms with Gasteiger partial charge in [-0.1, -0.05) is 0 Å². The van der Waals surface area contributed by atoms with Gasteiger partial charge in [0.05, 0.1) is 18.5 Å². The molecule has 166 valence electrons. The van der Waals surface area contributed by atoms with Gasteiger partial charge in [-0.05, 0) is 33.6 Å². The van der Waals surface area contributed by atoms with Crippen LogP contribution in [0, 0.1) is 0 Å². The molecule has 3 rings (SSSR count). The van der Waals surface area contributed by atoms with Gasteiger partial charge < -0.3 is 39.4 Å². The van der Waals surface area contributed by atoms with Crippen LogP contribution in [0.25, 0.3) is 11.2 Å². The van der Waals surface area contributed by atoms with Crippen LogP contribution < -0.4 is 5.73 Å². The van der Waals surface area contributed by atoms with Crippen molar-refractivity contribution < 1.29 is 38.5 Å². The molecule has 30 heavy (non-hydrogen) atoms. The molecule has 0 bridgehead atoms. The van der Waals surface area contributed by atoms with Crippen LogP contribution in [0.3, 0.4) is 0 Å². The third kappa shape index (κ3) is 5.36. The molecular weight excluding hydrogens is 421 g/mol. The second-order valence-electron chi connectivity index (χ2n) is 8.07. The van der Waals surface area contributed by atoms with Crippen molar-refractivity contribution >= 4 is 30.9 Å². The van der Waals surface area contributed by atoms with Gasteiger partial charge in [0, 0.05) is 0 Å². The summed E-state index contributed by atoms with van der Waals surface area (Å²) in [6.07, 6.45) is 1.34. The summed E-state index contributed by atoms with van der Waals surface area (Å²) in [5.41, 5.74) is 4.22.